The first-order valence-electron chi connectivity index (χ1n) is 6.07. The summed E-state index contributed by atoms with van der Waals surface area (Å²) < 4.78 is 15.7. The molecule has 1 aromatic heterocycles. The van der Waals surface area contributed by atoms with Crippen molar-refractivity contribution in [3.8, 4) is 11.1 Å². The summed E-state index contributed by atoms with van der Waals surface area (Å²) in [6.07, 6.45) is 0.793. The molecule has 18 heavy (non-hydrogen) atoms. The summed E-state index contributed by atoms with van der Waals surface area (Å²) in [6.45, 7) is 2.80. The monoisotopic (exact) mass is 247 g/mol. The van der Waals surface area contributed by atoms with Crippen LogP contribution in [0, 0.1) is 12.7 Å². The van der Waals surface area contributed by atoms with E-state index in [0.717, 1.165) is 29.9 Å². The first kappa shape index (κ1) is 12.8. The Morgan fingerprint density at radius 1 is 1.33 bits per heavy atom. The van der Waals surface area contributed by atoms with Crippen LogP contribution in [0.5, 0.6) is 0 Å². The Balaban J connectivity index is 2.52. The Morgan fingerprint density at radius 3 is 2.72 bits per heavy atom. The molecular formula is C14H18FN3. The molecule has 96 valence electrons. The lowest BCUT2D eigenvalue weighted by atomic mass is 10.0. The minimum atomic E-state index is -0.195. The van der Waals surface area contributed by atoms with Crippen LogP contribution in [-0.2, 0) is 13.5 Å². The predicted octanol–water partition coefficient (Wildman–Crippen LogP) is 2.30. The van der Waals surface area contributed by atoms with E-state index in [2.05, 4.69) is 10.4 Å². The second kappa shape index (κ2) is 5.31. The van der Waals surface area contributed by atoms with Crippen LogP contribution in [0.2, 0.25) is 0 Å². The van der Waals surface area contributed by atoms with Crippen LogP contribution in [0.15, 0.2) is 24.3 Å². The molecule has 0 atom stereocenters. The quantitative estimate of drug-likeness (QED) is 0.898. The normalized spacial score (nSPS) is 10.9. The Labute approximate surface area is 107 Å². The zero-order valence-corrected chi connectivity index (χ0v) is 11.0. The second-order valence-corrected chi connectivity index (χ2v) is 4.36. The van der Waals surface area contributed by atoms with Crippen LogP contribution in [0.1, 0.15) is 11.4 Å². The van der Waals surface area contributed by atoms with Crippen molar-refractivity contribution in [3.63, 3.8) is 0 Å². The smallest absolute Gasteiger partial charge is 0.131 e. The lowest BCUT2D eigenvalue weighted by molar-refractivity contribution is 0.631. The predicted molar refractivity (Wildman–Crippen MR) is 71.0 cm³/mol. The Hall–Kier alpha value is -1.68. The first-order chi connectivity index (χ1) is 8.65. The van der Waals surface area contributed by atoms with Gasteiger partial charge < -0.3 is 5.32 Å². The van der Waals surface area contributed by atoms with E-state index in [0.29, 0.717) is 5.56 Å². The number of likely N-dealkylation sites (N-methyl/N-ethyl adjacent to an activating group) is 1. The van der Waals surface area contributed by atoms with Crippen molar-refractivity contribution in [1.29, 1.82) is 0 Å². The number of hydrogen-bond donors (Lipinski definition) is 1. The molecule has 2 aromatic rings. The summed E-state index contributed by atoms with van der Waals surface area (Å²) >= 11 is 0. The van der Waals surface area contributed by atoms with Crippen molar-refractivity contribution < 1.29 is 4.39 Å². The molecule has 0 spiro atoms. The summed E-state index contributed by atoms with van der Waals surface area (Å²) in [5, 5.41) is 7.57. The third-order valence-corrected chi connectivity index (χ3v) is 3.16. The molecule has 0 aliphatic heterocycles. The molecule has 0 fully saturated rings. The van der Waals surface area contributed by atoms with Gasteiger partial charge in [-0.25, -0.2) is 4.39 Å². The topological polar surface area (TPSA) is 29.9 Å². The zero-order chi connectivity index (χ0) is 13.1. The van der Waals surface area contributed by atoms with Crippen LogP contribution in [0.4, 0.5) is 4.39 Å². The summed E-state index contributed by atoms with van der Waals surface area (Å²) in [6, 6.07) is 6.86. The molecule has 0 unspecified atom stereocenters. The highest BCUT2D eigenvalue weighted by Gasteiger charge is 2.16. The highest BCUT2D eigenvalue weighted by molar-refractivity contribution is 5.69. The highest BCUT2D eigenvalue weighted by Crippen LogP contribution is 2.29. The number of aryl methyl sites for hydroxylation is 1. The summed E-state index contributed by atoms with van der Waals surface area (Å²) in [5.74, 6) is -0.195. The maximum Gasteiger partial charge on any atom is 0.131 e. The maximum atomic E-state index is 13.9. The van der Waals surface area contributed by atoms with Gasteiger partial charge in [0.1, 0.15) is 5.82 Å². The van der Waals surface area contributed by atoms with E-state index in [1.54, 1.807) is 6.07 Å². The third-order valence-electron chi connectivity index (χ3n) is 3.16. The fourth-order valence-electron chi connectivity index (χ4n) is 2.11. The van der Waals surface area contributed by atoms with Crippen LogP contribution in [0.25, 0.3) is 11.1 Å². The highest BCUT2D eigenvalue weighted by atomic mass is 19.1. The lowest BCUT2D eigenvalue weighted by Gasteiger charge is -2.05. The van der Waals surface area contributed by atoms with Gasteiger partial charge in [-0.05, 0) is 20.0 Å². The number of halogens is 1. The van der Waals surface area contributed by atoms with Gasteiger partial charge >= 0.3 is 0 Å². The molecule has 4 heteroatoms. The van der Waals surface area contributed by atoms with Crippen molar-refractivity contribution >= 4 is 0 Å². The van der Waals surface area contributed by atoms with Gasteiger partial charge in [0.15, 0.2) is 0 Å². The van der Waals surface area contributed by atoms with E-state index in [9.17, 15) is 4.39 Å². The molecule has 0 aliphatic carbocycles. The molecule has 1 aromatic carbocycles. The van der Waals surface area contributed by atoms with E-state index < -0.39 is 0 Å². The number of aromatic nitrogens is 2. The summed E-state index contributed by atoms with van der Waals surface area (Å²) in [5.41, 5.74) is 3.49. The number of rotatable bonds is 4. The molecule has 0 amide bonds. The van der Waals surface area contributed by atoms with E-state index in [-0.39, 0.29) is 5.82 Å². The third kappa shape index (κ3) is 2.29. The molecule has 3 nitrogen and oxygen atoms in total. The van der Waals surface area contributed by atoms with Gasteiger partial charge in [0.05, 0.1) is 5.69 Å². The Kier molecular flexibility index (Phi) is 3.77. The van der Waals surface area contributed by atoms with Gasteiger partial charge in [0.25, 0.3) is 0 Å². The van der Waals surface area contributed by atoms with Gasteiger partial charge in [-0.1, -0.05) is 18.2 Å². The molecule has 0 radical (unpaired) electrons. The van der Waals surface area contributed by atoms with Gasteiger partial charge in [-0.2, -0.15) is 5.10 Å². The van der Waals surface area contributed by atoms with Crippen molar-refractivity contribution in [3.05, 3.63) is 41.5 Å². The van der Waals surface area contributed by atoms with E-state index >= 15 is 0 Å². The van der Waals surface area contributed by atoms with Gasteiger partial charge in [0, 0.05) is 36.8 Å². The van der Waals surface area contributed by atoms with Crippen molar-refractivity contribution in [2.75, 3.05) is 13.6 Å². The Morgan fingerprint density at radius 2 is 2.06 bits per heavy atom. The van der Waals surface area contributed by atoms with E-state index in [1.807, 2.05) is 37.8 Å². The number of nitrogens with one attached hydrogen (secondary N) is 1. The van der Waals surface area contributed by atoms with Gasteiger partial charge in [-0.3, -0.25) is 4.68 Å². The maximum absolute atomic E-state index is 13.9. The van der Waals surface area contributed by atoms with Crippen LogP contribution in [0.3, 0.4) is 0 Å². The SMILES string of the molecule is CNCCc1nn(C)c(C)c1-c1ccccc1F. The van der Waals surface area contributed by atoms with E-state index in [1.165, 1.54) is 6.07 Å². The number of benzene rings is 1. The molecular weight excluding hydrogens is 229 g/mol. The fraction of sp³-hybridized carbons (Fsp3) is 0.357. The summed E-state index contributed by atoms with van der Waals surface area (Å²) in [7, 11) is 3.79. The minimum absolute atomic E-state index is 0.195. The Bertz CT molecular complexity index is 546. The molecule has 1 heterocycles. The minimum Gasteiger partial charge on any atom is -0.319 e. The summed E-state index contributed by atoms with van der Waals surface area (Å²) in [4.78, 5) is 0. The number of hydrogen-bond acceptors (Lipinski definition) is 2. The molecule has 0 aliphatic rings. The molecule has 2 rings (SSSR count). The van der Waals surface area contributed by atoms with Crippen LogP contribution >= 0.6 is 0 Å². The van der Waals surface area contributed by atoms with Gasteiger partial charge in [0.2, 0.25) is 0 Å². The van der Waals surface area contributed by atoms with Gasteiger partial charge in [-0.15, -0.1) is 0 Å². The molecule has 0 bridgehead atoms. The van der Waals surface area contributed by atoms with Crippen molar-refractivity contribution in [2.24, 2.45) is 7.05 Å². The van der Waals surface area contributed by atoms with Crippen molar-refractivity contribution in [1.82, 2.24) is 15.1 Å². The van der Waals surface area contributed by atoms with Crippen molar-refractivity contribution in [2.45, 2.75) is 13.3 Å². The molecule has 0 saturated carbocycles. The number of nitrogens with zero attached hydrogens (tertiary/aromatic N) is 2. The average Bonchev–Trinajstić information content (AvgIpc) is 2.64. The van der Waals surface area contributed by atoms with E-state index in [4.69, 9.17) is 0 Å². The largest absolute Gasteiger partial charge is 0.319 e. The lowest BCUT2D eigenvalue weighted by Crippen LogP contribution is -2.11. The first-order valence-corrected chi connectivity index (χ1v) is 6.07. The second-order valence-electron chi connectivity index (χ2n) is 4.36. The van der Waals surface area contributed by atoms with Crippen LogP contribution < -0.4 is 5.32 Å². The fourth-order valence-corrected chi connectivity index (χ4v) is 2.11. The molecule has 0 saturated heterocycles. The standard InChI is InChI=1S/C14H18FN3/c1-10-14(11-6-4-5-7-12(11)15)13(8-9-16-2)17-18(10)3/h4-7,16H,8-9H2,1-3H3. The molecule has 1 N–H and O–H groups in total. The zero-order valence-electron chi connectivity index (χ0n) is 11.0. The average molecular weight is 247 g/mol. The van der Waals surface area contributed by atoms with Crippen LogP contribution in [-0.4, -0.2) is 23.4 Å².